The van der Waals surface area contributed by atoms with Crippen molar-refractivity contribution in [2.45, 2.75) is 50.8 Å². The Bertz CT molecular complexity index is 1830. The van der Waals surface area contributed by atoms with Crippen LogP contribution in [0.4, 0.5) is 4.79 Å². The lowest BCUT2D eigenvalue weighted by molar-refractivity contribution is 0.132. The molecular weight excluding hydrogens is 514 g/mol. The van der Waals surface area contributed by atoms with Gasteiger partial charge in [-0.25, -0.2) is 9.78 Å². The molecule has 1 fully saturated rings. The van der Waals surface area contributed by atoms with Crippen LogP contribution in [0.25, 0.3) is 21.9 Å². The Hall–Kier alpha value is -4.90. The maximum atomic E-state index is 13.8. The zero-order chi connectivity index (χ0) is 28.3. The first-order valence-corrected chi connectivity index (χ1v) is 14.0. The number of para-hydroxylation sites is 1. The maximum Gasteiger partial charge on any atom is 0.407 e. The molecule has 0 saturated heterocycles. The number of aryl methyl sites for hydroxylation is 1. The minimum absolute atomic E-state index is 0.0216. The van der Waals surface area contributed by atoms with Crippen molar-refractivity contribution in [3.8, 4) is 6.07 Å². The van der Waals surface area contributed by atoms with Crippen molar-refractivity contribution in [1.29, 1.82) is 5.26 Å². The van der Waals surface area contributed by atoms with Gasteiger partial charge >= 0.3 is 6.09 Å². The van der Waals surface area contributed by atoms with E-state index in [1.807, 2.05) is 77.4 Å². The number of imidazole rings is 1. The summed E-state index contributed by atoms with van der Waals surface area (Å²) >= 11 is 0. The number of carbonyl (C=O) groups excluding carboxylic acids is 1. The first-order valence-electron chi connectivity index (χ1n) is 14.0. The highest BCUT2D eigenvalue weighted by molar-refractivity contribution is 6.02. The molecule has 2 atom stereocenters. The lowest BCUT2D eigenvalue weighted by Gasteiger charge is -2.29. The van der Waals surface area contributed by atoms with Crippen molar-refractivity contribution in [2.24, 2.45) is 7.05 Å². The van der Waals surface area contributed by atoms with Gasteiger partial charge < -0.3 is 19.2 Å². The number of hydrogen-bond acceptors (Lipinski definition) is 5. The molecule has 8 heteroatoms. The van der Waals surface area contributed by atoms with E-state index in [1.165, 1.54) is 0 Å². The molecule has 206 valence electrons. The Kier molecular flexibility index (Phi) is 7.26. The largest absolute Gasteiger partial charge is 0.445 e. The minimum atomic E-state index is -0.434. The number of fused-ring (bicyclic) bond motifs is 3. The minimum Gasteiger partial charge on any atom is -0.445 e. The summed E-state index contributed by atoms with van der Waals surface area (Å²) < 4.78 is 9.15. The third-order valence-corrected chi connectivity index (χ3v) is 8.07. The first-order chi connectivity index (χ1) is 20.0. The molecule has 41 heavy (non-hydrogen) atoms. The van der Waals surface area contributed by atoms with Crippen LogP contribution < -0.4 is 10.9 Å². The molecule has 1 aliphatic rings. The second-order valence-corrected chi connectivity index (χ2v) is 10.7. The average Bonchev–Trinajstić information content (AvgIpc) is 3.39. The molecule has 2 heterocycles. The Labute approximate surface area is 237 Å². The molecule has 0 bridgehead atoms. The number of pyridine rings is 1. The van der Waals surface area contributed by atoms with Crippen LogP contribution in [-0.4, -0.2) is 26.3 Å². The summed E-state index contributed by atoms with van der Waals surface area (Å²) in [6.45, 7) is 0.574. The number of ether oxygens (including phenoxy) is 1. The number of nitrogens with zero attached hydrogens (tertiary/aromatic N) is 4. The summed E-state index contributed by atoms with van der Waals surface area (Å²) in [6.07, 6.45) is 2.89. The van der Waals surface area contributed by atoms with E-state index in [2.05, 4.69) is 11.4 Å². The number of rotatable bonds is 6. The van der Waals surface area contributed by atoms with Gasteiger partial charge in [0.15, 0.2) is 0 Å². The number of carbonyl (C=O) groups is 1. The van der Waals surface area contributed by atoms with Crippen molar-refractivity contribution >= 4 is 28.0 Å². The van der Waals surface area contributed by atoms with E-state index in [9.17, 15) is 14.9 Å². The van der Waals surface area contributed by atoms with Crippen LogP contribution in [0.2, 0.25) is 0 Å². The molecule has 1 unspecified atom stereocenters. The molecule has 0 spiro atoms. The Morgan fingerprint density at radius 3 is 2.63 bits per heavy atom. The third kappa shape index (κ3) is 5.19. The molecule has 0 aliphatic heterocycles. The summed E-state index contributed by atoms with van der Waals surface area (Å²) in [5, 5.41) is 13.7. The molecule has 3 aromatic carbocycles. The van der Waals surface area contributed by atoms with Gasteiger partial charge in [-0.05, 0) is 42.5 Å². The zero-order valence-electron chi connectivity index (χ0n) is 22.9. The van der Waals surface area contributed by atoms with Crippen LogP contribution in [0.1, 0.15) is 54.1 Å². The SMILES string of the molecule is Cn1c(=O)c2c(nc(C3CCC[C@H](NC(=O)OCc4ccccc4)C3)n2Cc2ccccc2C#N)c2ccccc21. The van der Waals surface area contributed by atoms with Gasteiger partial charge in [0.1, 0.15) is 23.5 Å². The highest BCUT2D eigenvalue weighted by Gasteiger charge is 2.30. The van der Waals surface area contributed by atoms with Crippen molar-refractivity contribution < 1.29 is 9.53 Å². The van der Waals surface area contributed by atoms with Crippen LogP contribution in [0.3, 0.4) is 0 Å². The first kappa shape index (κ1) is 26.3. The molecule has 6 rings (SSSR count). The molecule has 5 aromatic rings. The molecule has 8 nitrogen and oxygen atoms in total. The summed E-state index contributed by atoms with van der Waals surface area (Å²) in [5.41, 5.74) is 4.24. The van der Waals surface area contributed by atoms with Gasteiger partial charge in [0.25, 0.3) is 5.56 Å². The summed E-state index contributed by atoms with van der Waals surface area (Å²) in [6, 6.07) is 27.1. The molecule has 1 amide bonds. The lowest BCUT2D eigenvalue weighted by atomic mass is 9.85. The van der Waals surface area contributed by atoms with E-state index in [0.29, 0.717) is 29.6 Å². The van der Waals surface area contributed by atoms with E-state index < -0.39 is 6.09 Å². The van der Waals surface area contributed by atoms with E-state index in [4.69, 9.17) is 9.72 Å². The quantitative estimate of drug-likeness (QED) is 0.292. The second kappa shape index (κ2) is 11.3. The number of nitrogens with one attached hydrogen (secondary N) is 1. The zero-order valence-corrected chi connectivity index (χ0v) is 22.9. The maximum absolute atomic E-state index is 13.8. The number of aromatic nitrogens is 3. The van der Waals surface area contributed by atoms with Crippen LogP contribution in [-0.2, 0) is 24.9 Å². The van der Waals surface area contributed by atoms with E-state index in [-0.39, 0.29) is 24.1 Å². The molecule has 0 radical (unpaired) electrons. The van der Waals surface area contributed by atoms with Gasteiger partial charge in [-0.3, -0.25) is 4.79 Å². The van der Waals surface area contributed by atoms with Gasteiger partial charge in [-0.2, -0.15) is 5.26 Å². The van der Waals surface area contributed by atoms with Crippen molar-refractivity contribution in [3.63, 3.8) is 0 Å². The predicted octanol–water partition coefficient (Wildman–Crippen LogP) is 5.76. The van der Waals surface area contributed by atoms with Crippen molar-refractivity contribution in [1.82, 2.24) is 19.4 Å². The number of alkyl carbamates (subject to hydrolysis) is 1. The number of hydrogen-bond donors (Lipinski definition) is 1. The number of benzene rings is 3. The summed E-state index contributed by atoms with van der Waals surface area (Å²) in [5.74, 6) is 0.832. The third-order valence-electron chi connectivity index (χ3n) is 8.07. The van der Waals surface area contributed by atoms with Crippen molar-refractivity contribution in [3.05, 3.63) is 112 Å². The molecule has 2 aromatic heterocycles. The van der Waals surface area contributed by atoms with Gasteiger partial charge in [0.2, 0.25) is 0 Å². The molecule has 1 N–H and O–H groups in total. The van der Waals surface area contributed by atoms with Gasteiger partial charge in [0.05, 0.1) is 23.7 Å². The van der Waals surface area contributed by atoms with Gasteiger partial charge in [-0.15, -0.1) is 0 Å². The fourth-order valence-electron chi connectivity index (χ4n) is 6.01. The number of amides is 1. The van der Waals surface area contributed by atoms with Gasteiger partial charge in [0, 0.05) is 24.4 Å². The smallest absolute Gasteiger partial charge is 0.407 e. The Balaban J connectivity index is 1.35. The van der Waals surface area contributed by atoms with E-state index >= 15 is 0 Å². The predicted molar refractivity (Wildman–Crippen MR) is 157 cm³/mol. The average molecular weight is 546 g/mol. The highest BCUT2D eigenvalue weighted by Crippen LogP contribution is 2.35. The van der Waals surface area contributed by atoms with E-state index in [0.717, 1.165) is 47.1 Å². The molecule has 1 aliphatic carbocycles. The highest BCUT2D eigenvalue weighted by atomic mass is 16.5. The van der Waals surface area contributed by atoms with Crippen LogP contribution >= 0.6 is 0 Å². The fraction of sp³-hybridized carbons (Fsp3) is 0.273. The van der Waals surface area contributed by atoms with E-state index in [1.54, 1.807) is 17.7 Å². The van der Waals surface area contributed by atoms with Crippen molar-refractivity contribution in [2.75, 3.05) is 0 Å². The molecular formula is C33H31N5O3. The fourth-order valence-corrected chi connectivity index (χ4v) is 6.01. The summed E-state index contributed by atoms with van der Waals surface area (Å²) in [7, 11) is 1.78. The van der Waals surface area contributed by atoms with Gasteiger partial charge in [-0.1, -0.05) is 73.2 Å². The number of nitriles is 1. The van der Waals surface area contributed by atoms with Crippen LogP contribution in [0, 0.1) is 11.3 Å². The monoisotopic (exact) mass is 545 g/mol. The Morgan fingerprint density at radius 2 is 1.80 bits per heavy atom. The normalized spacial score (nSPS) is 16.9. The van der Waals surface area contributed by atoms with Crippen LogP contribution in [0.15, 0.2) is 83.7 Å². The second-order valence-electron chi connectivity index (χ2n) is 10.7. The standard InChI is InChI=1S/C33H31N5O3/c1-37-28-17-8-7-16-27(28)29-30(32(37)39)38(20-25-13-6-5-12-24(25)19-34)31(36-29)23-14-9-15-26(18-23)35-33(40)41-21-22-10-3-2-4-11-22/h2-8,10-13,16-17,23,26H,9,14-15,18,20-21H2,1H3,(H,35,40)/t23?,26-/m0/s1. The topological polar surface area (TPSA) is 102 Å². The lowest BCUT2D eigenvalue weighted by Crippen LogP contribution is -2.38. The molecule has 1 saturated carbocycles. The summed E-state index contributed by atoms with van der Waals surface area (Å²) in [4.78, 5) is 31.5. The Morgan fingerprint density at radius 1 is 1.05 bits per heavy atom. The van der Waals surface area contributed by atoms with Crippen LogP contribution in [0.5, 0.6) is 0 Å².